The van der Waals surface area contributed by atoms with E-state index in [1.807, 2.05) is 0 Å². The van der Waals surface area contributed by atoms with Crippen molar-refractivity contribution in [3.63, 3.8) is 0 Å². The first kappa shape index (κ1) is 15.3. The van der Waals surface area contributed by atoms with E-state index in [2.05, 4.69) is 19.9 Å². The van der Waals surface area contributed by atoms with Crippen LogP contribution >= 0.6 is 11.6 Å². The van der Waals surface area contributed by atoms with Crippen LogP contribution in [0.15, 0.2) is 29.8 Å². The smallest absolute Gasteiger partial charge is 0.246 e. The van der Waals surface area contributed by atoms with Crippen molar-refractivity contribution < 1.29 is 8.42 Å². The minimum Gasteiger partial charge on any atom is -0.294 e. The minimum absolute atomic E-state index is 0.102. The van der Waals surface area contributed by atoms with E-state index in [9.17, 15) is 8.42 Å². The molecule has 0 saturated carbocycles. The number of sulfone groups is 1. The summed E-state index contributed by atoms with van der Waals surface area (Å²) in [5.41, 5.74) is 2.74. The molecule has 0 atom stereocenters. The summed E-state index contributed by atoms with van der Waals surface area (Å²) >= 11 is 6.16. The molecule has 0 saturated heterocycles. The lowest BCUT2D eigenvalue weighted by Crippen LogP contribution is -2.31. The first-order valence-electron chi connectivity index (χ1n) is 6.79. The van der Waals surface area contributed by atoms with Crippen molar-refractivity contribution >= 4 is 21.4 Å². The fourth-order valence-electron chi connectivity index (χ4n) is 2.44. The standard InChI is InChI=1S/C14H15ClN4O2S/c1-22(20,21)14-17-7-11-9-19(5-3-13(11)18-14)8-10-6-16-4-2-12(10)15/h2,4,6-7H,3,5,8-9H2,1H3. The summed E-state index contributed by atoms with van der Waals surface area (Å²) in [7, 11) is -3.37. The molecule has 3 heterocycles. The van der Waals surface area contributed by atoms with Gasteiger partial charge in [-0.3, -0.25) is 9.88 Å². The van der Waals surface area contributed by atoms with Crippen molar-refractivity contribution in [2.45, 2.75) is 24.7 Å². The minimum atomic E-state index is -3.37. The monoisotopic (exact) mass is 338 g/mol. The van der Waals surface area contributed by atoms with Gasteiger partial charge in [-0.1, -0.05) is 11.6 Å². The van der Waals surface area contributed by atoms with E-state index < -0.39 is 9.84 Å². The van der Waals surface area contributed by atoms with E-state index in [1.54, 1.807) is 24.7 Å². The summed E-state index contributed by atoms with van der Waals surface area (Å²) in [6.07, 6.45) is 6.85. The number of halogens is 1. The zero-order valence-electron chi connectivity index (χ0n) is 12.0. The molecule has 0 radical (unpaired) electrons. The topological polar surface area (TPSA) is 76.1 Å². The Hall–Kier alpha value is -1.57. The zero-order valence-corrected chi connectivity index (χ0v) is 13.6. The van der Waals surface area contributed by atoms with Crippen molar-refractivity contribution in [1.29, 1.82) is 0 Å². The van der Waals surface area contributed by atoms with Gasteiger partial charge >= 0.3 is 0 Å². The van der Waals surface area contributed by atoms with Crippen LogP contribution in [0.25, 0.3) is 0 Å². The van der Waals surface area contributed by atoms with Crippen molar-refractivity contribution in [3.8, 4) is 0 Å². The van der Waals surface area contributed by atoms with Crippen molar-refractivity contribution in [1.82, 2.24) is 19.9 Å². The largest absolute Gasteiger partial charge is 0.294 e. The van der Waals surface area contributed by atoms with E-state index in [0.29, 0.717) is 24.5 Å². The average Bonchev–Trinajstić information content (AvgIpc) is 2.48. The summed E-state index contributed by atoms with van der Waals surface area (Å²) in [6.45, 7) is 2.16. The predicted octanol–water partition coefficient (Wildman–Crippen LogP) is 1.49. The number of aromatic nitrogens is 3. The summed E-state index contributed by atoms with van der Waals surface area (Å²) in [5, 5.41) is 0.597. The average molecular weight is 339 g/mol. The van der Waals surface area contributed by atoms with Crippen molar-refractivity contribution in [3.05, 3.63) is 46.5 Å². The predicted molar refractivity (Wildman–Crippen MR) is 82.2 cm³/mol. The van der Waals surface area contributed by atoms with E-state index in [4.69, 9.17) is 11.6 Å². The fourth-order valence-corrected chi connectivity index (χ4v) is 3.12. The van der Waals surface area contributed by atoms with E-state index in [-0.39, 0.29) is 5.16 Å². The van der Waals surface area contributed by atoms with Crippen LogP contribution in [0.2, 0.25) is 5.02 Å². The van der Waals surface area contributed by atoms with Crippen LogP contribution in [0.5, 0.6) is 0 Å². The van der Waals surface area contributed by atoms with Crippen LogP contribution in [-0.4, -0.2) is 41.1 Å². The summed E-state index contributed by atoms with van der Waals surface area (Å²) < 4.78 is 23.0. The molecule has 1 aliphatic heterocycles. The first-order valence-corrected chi connectivity index (χ1v) is 9.06. The molecule has 0 aromatic carbocycles. The van der Waals surface area contributed by atoms with Gasteiger partial charge in [-0.15, -0.1) is 0 Å². The van der Waals surface area contributed by atoms with Gasteiger partial charge in [0.25, 0.3) is 0 Å². The summed E-state index contributed by atoms with van der Waals surface area (Å²) in [6, 6.07) is 1.77. The number of pyridine rings is 1. The molecular formula is C14H15ClN4O2S. The third kappa shape index (κ3) is 3.26. The maximum Gasteiger partial charge on any atom is 0.246 e. The highest BCUT2D eigenvalue weighted by atomic mass is 35.5. The molecule has 0 N–H and O–H groups in total. The van der Waals surface area contributed by atoms with Crippen molar-refractivity contribution in [2.24, 2.45) is 0 Å². The molecule has 0 fully saturated rings. The third-order valence-electron chi connectivity index (χ3n) is 3.56. The maximum absolute atomic E-state index is 11.5. The molecule has 6 nitrogen and oxygen atoms in total. The second-order valence-corrected chi connectivity index (χ2v) is 7.64. The van der Waals surface area contributed by atoms with Crippen LogP contribution in [0, 0.1) is 0 Å². The van der Waals surface area contributed by atoms with Gasteiger partial charge in [0.2, 0.25) is 15.0 Å². The zero-order chi connectivity index (χ0) is 15.7. The highest BCUT2D eigenvalue weighted by Crippen LogP contribution is 2.22. The van der Waals surface area contributed by atoms with Crippen LogP contribution in [0.3, 0.4) is 0 Å². The second kappa shape index (κ2) is 5.91. The van der Waals surface area contributed by atoms with Gasteiger partial charge in [0.15, 0.2) is 0 Å². The molecule has 22 heavy (non-hydrogen) atoms. The van der Waals surface area contributed by atoms with Gasteiger partial charge in [-0.2, -0.15) is 0 Å². The molecule has 0 spiro atoms. The number of hydrogen-bond donors (Lipinski definition) is 0. The molecule has 0 amide bonds. The SMILES string of the molecule is CS(=O)(=O)c1ncc2c(n1)CCN(Cc1cnccc1Cl)C2. The van der Waals surface area contributed by atoms with Gasteiger partial charge in [0, 0.05) is 67.1 Å². The number of nitrogens with zero attached hydrogens (tertiary/aromatic N) is 4. The van der Waals surface area contributed by atoms with Crippen LogP contribution in [0.1, 0.15) is 16.8 Å². The molecule has 8 heteroatoms. The lowest BCUT2D eigenvalue weighted by Gasteiger charge is -2.28. The Balaban J connectivity index is 1.79. The van der Waals surface area contributed by atoms with Gasteiger partial charge in [-0.05, 0) is 6.07 Å². The lowest BCUT2D eigenvalue weighted by molar-refractivity contribution is 0.242. The second-order valence-electron chi connectivity index (χ2n) is 5.32. The third-order valence-corrected chi connectivity index (χ3v) is 4.79. The highest BCUT2D eigenvalue weighted by Gasteiger charge is 2.21. The van der Waals surface area contributed by atoms with Gasteiger partial charge in [0.1, 0.15) is 0 Å². The summed E-state index contributed by atoms with van der Waals surface area (Å²) in [4.78, 5) is 14.4. The molecule has 1 aliphatic rings. The Kier molecular flexibility index (Phi) is 4.12. The van der Waals surface area contributed by atoms with Gasteiger partial charge < -0.3 is 0 Å². The number of fused-ring (bicyclic) bond motifs is 1. The fraction of sp³-hybridized carbons (Fsp3) is 0.357. The first-order chi connectivity index (χ1) is 10.4. The van der Waals surface area contributed by atoms with Crippen LogP contribution in [0.4, 0.5) is 0 Å². The van der Waals surface area contributed by atoms with E-state index >= 15 is 0 Å². The molecule has 0 unspecified atom stereocenters. The Bertz CT molecular complexity index is 810. The Morgan fingerprint density at radius 2 is 2.18 bits per heavy atom. The van der Waals surface area contributed by atoms with E-state index in [0.717, 1.165) is 29.6 Å². The molecule has 0 bridgehead atoms. The van der Waals surface area contributed by atoms with Gasteiger partial charge in [-0.25, -0.2) is 18.4 Å². The maximum atomic E-state index is 11.5. The number of rotatable bonds is 3. The van der Waals surface area contributed by atoms with Crippen LogP contribution < -0.4 is 0 Å². The molecule has 3 rings (SSSR count). The molecule has 116 valence electrons. The van der Waals surface area contributed by atoms with Crippen molar-refractivity contribution in [2.75, 3.05) is 12.8 Å². The molecular weight excluding hydrogens is 324 g/mol. The Morgan fingerprint density at radius 1 is 1.36 bits per heavy atom. The Labute approximate surface area is 134 Å². The molecule has 2 aromatic heterocycles. The summed E-state index contributed by atoms with van der Waals surface area (Å²) in [5.74, 6) is 0. The number of hydrogen-bond acceptors (Lipinski definition) is 6. The quantitative estimate of drug-likeness (QED) is 0.789. The van der Waals surface area contributed by atoms with E-state index in [1.165, 1.54) is 0 Å². The highest BCUT2D eigenvalue weighted by molar-refractivity contribution is 7.90. The van der Waals surface area contributed by atoms with Crippen LogP contribution in [-0.2, 0) is 29.3 Å². The normalized spacial score (nSPS) is 15.5. The Morgan fingerprint density at radius 3 is 2.91 bits per heavy atom. The van der Waals surface area contributed by atoms with Gasteiger partial charge in [0.05, 0.1) is 5.69 Å². The molecule has 0 aliphatic carbocycles. The molecule has 2 aromatic rings. The lowest BCUT2D eigenvalue weighted by atomic mass is 10.1.